The van der Waals surface area contributed by atoms with Crippen LogP contribution in [0.25, 0.3) is 38.6 Å². The van der Waals surface area contributed by atoms with Crippen LogP contribution in [0.15, 0.2) is 146 Å². The third-order valence-corrected chi connectivity index (χ3v) is 8.77. The van der Waals surface area contributed by atoms with Crippen molar-refractivity contribution in [1.29, 1.82) is 0 Å². The molecule has 0 saturated carbocycles. The van der Waals surface area contributed by atoms with Crippen molar-refractivity contribution in [3.05, 3.63) is 157 Å². The predicted molar refractivity (Wildman–Crippen MR) is 173 cm³/mol. The molecule has 0 atom stereocenters. The quantitative estimate of drug-likeness (QED) is 0.221. The van der Waals surface area contributed by atoms with Gasteiger partial charge >= 0.3 is 0 Å². The molecule has 0 unspecified atom stereocenters. The van der Waals surface area contributed by atoms with Crippen molar-refractivity contribution in [1.82, 2.24) is 4.57 Å². The molecule has 0 fully saturated rings. The molecule has 1 heterocycles. The van der Waals surface area contributed by atoms with Gasteiger partial charge in [-0.2, -0.15) is 0 Å². The van der Waals surface area contributed by atoms with Crippen LogP contribution >= 0.6 is 0 Å². The summed E-state index contributed by atoms with van der Waals surface area (Å²) in [6, 6.07) is 52.7. The van der Waals surface area contributed by atoms with Crippen molar-refractivity contribution in [2.24, 2.45) is 0 Å². The van der Waals surface area contributed by atoms with Gasteiger partial charge in [0.1, 0.15) is 0 Å². The second kappa shape index (κ2) is 8.97. The van der Waals surface area contributed by atoms with Crippen LogP contribution in [-0.4, -0.2) is 4.57 Å². The Labute approximate surface area is 240 Å². The van der Waals surface area contributed by atoms with E-state index in [0.717, 1.165) is 22.7 Å². The van der Waals surface area contributed by atoms with Crippen LogP contribution in [0, 0.1) is 0 Å². The summed E-state index contributed by atoms with van der Waals surface area (Å²) in [4.78, 5) is 2.31. The van der Waals surface area contributed by atoms with E-state index in [1.165, 1.54) is 44.1 Å². The molecule has 1 aliphatic carbocycles. The first-order valence-electron chi connectivity index (χ1n) is 14.3. The number of fused-ring (bicyclic) bond motifs is 6. The Bertz CT molecular complexity index is 2010. The Morgan fingerprint density at radius 1 is 0.463 bits per heavy atom. The molecule has 196 valence electrons. The van der Waals surface area contributed by atoms with Gasteiger partial charge in [0, 0.05) is 38.9 Å². The van der Waals surface area contributed by atoms with Crippen molar-refractivity contribution in [3.8, 4) is 16.8 Å². The molecule has 0 aliphatic heterocycles. The van der Waals surface area contributed by atoms with E-state index in [4.69, 9.17) is 0 Å². The Balaban J connectivity index is 1.32. The number of benzene rings is 6. The second-order valence-corrected chi connectivity index (χ2v) is 11.5. The minimum absolute atomic E-state index is 0.0445. The largest absolute Gasteiger partial charge is 0.311 e. The van der Waals surface area contributed by atoms with Crippen molar-refractivity contribution in [2.45, 2.75) is 19.3 Å². The second-order valence-electron chi connectivity index (χ2n) is 11.5. The topological polar surface area (TPSA) is 8.17 Å². The highest BCUT2D eigenvalue weighted by molar-refractivity contribution is 6.11. The minimum Gasteiger partial charge on any atom is -0.311 e. The molecule has 41 heavy (non-hydrogen) atoms. The molecule has 0 radical (unpaired) electrons. The number of hydrogen-bond donors (Lipinski definition) is 0. The van der Waals surface area contributed by atoms with E-state index < -0.39 is 0 Å². The van der Waals surface area contributed by atoms with Gasteiger partial charge in [0.25, 0.3) is 0 Å². The summed E-state index contributed by atoms with van der Waals surface area (Å²) < 4.78 is 2.43. The number of rotatable bonds is 4. The van der Waals surface area contributed by atoms with Crippen molar-refractivity contribution >= 4 is 38.9 Å². The lowest BCUT2D eigenvalue weighted by Gasteiger charge is -2.25. The van der Waals surface area contributed by atoms with Crippen LogP contribution in [0.2, 0.25) is 0 Å². The average Bonchev–Trinajstić information content (AvgIpc) is 3.46. The van der Waals surface area contributed by atoms with E-state index >= 15 is 0 Å². The van der Waals surface area contributed by atoms with E-state index in [-0.39, 0.29) is 5.41 Å². The maximum absolute atomic E-state index is 2.44. The van der Waals surface area contributed by atoms with E-state index in [2.05, 4.69) is 169 Å². The lowest BCUT2D eigenvalue weighted by atomic mass is 9.82. The third-order valence-electron chi connectivity index (χ3n) is 8.77. The molecule has 1 aromatic heterocycles. The van der Waals surface area contributed by atoms with Crippen LogP contribution < -0.4 is 4.90 Å². The van der Waals surface area contributed by atoms with E-state index in [9.17, 15) is 0 Å². The molecule has 6 aromatic carbocycles. The summed E-state index contributed by atoms with van der Waals surface area (Å²) in [7, 11) is 0. The molecule has 8 rings (SSSR count). The van der Waals surface area contributed by atoms with Gasteiger partial charge in [0.05, 0.1) is 11.0 Å². The zero-order valence-electron chi connectivity index (χ0n) is 23.3. The number of para-hydroxylation sites is 3. The van der Waals surface area contributed by atoms with Crippen molar-refractivity contribution < 1.29 is 0 Å². The Morgan fingerprint density at radius 3 is 1.76 bits per heavy atom. The van der Waals surface area contributed by atoms with Gasteiger partial charge in [-0.1, -0.05) is 92.7 Å². The first-order chi connectivity index (χ1) is 20.1. The smallest absolute Gasteiger partial charge is 0.0544 e. The lowest BCUT2D eigenvalue weighted by molar-refractivity contribution is 0.661. The van der Waals surface area contributed by atoms with Crippen LogP contribution in [0.1, 0.15) is 25.0 Å². The van der Waals surface area contributed by atoms with Gasteiger partial charge in [0.2, 0.25) is 0 Å². The zero-order valence-corrected chi connectivity index (χ0v) is 23.3. The van der Waals surface area contributed by atoms with Gasteiger partial charge in [-0.3, -0.25) is 0 Å². The van der Waals surface area contributed by atoms with Gasteiger partial charge in [0.15, 0.2) is 0 Å². The summed E-state index contributed by atoms with van der Waals surface area (Å²) in [6.07, 6.45) is 0. The summed E-state index contributed by atoms with van der Waals surface area (Å²) >= 11 is 0. The van der Waals surface area contributed by atoms with Gasteiger partial charge in [-0.05, 0) is 89.0 Å². The summed E-state index contributed by atoms with van der Waals surface area (Å²) in [5, 5.41) is 2.58. The van der Waals surface area contributed by atoms with Gasteiger partial charge < -0.3 is 9.47 Å². The fourth-order valence-corrected chi connectivity index (χ4v) is 6.79. The average molecular weight is 527 g/mol. The summed E-state index contributed by atoms with van der Waals surface area (Å²) in [6.45, 7) is 4.71. The molecular formula is C39H30N2. The van der Waals surface area contributed by atoms with Crippen LogP contribution in [0.5, 0.6) is 0 Å². The molecule has 0 bridgehead atoms. The molecule has 0 amide bonds. The predicted octanol–water partition coefficient (Wildman–Crippen LogP) is 10.6. The van der Waals surface area contributed by atoms with Crippen LogP contribution in [-0.2, 0) is 5.41 Å². The highest BCUT2D eigenvalue weighted by Crippen LogP contribution is 2.51. The SMILES string of the molecule is CC1(C)c2ccccc2-c2cc3c4ccccc4n(-c4ccc(N(c5ccccc5)c5ccccc5)cc4)c3cc21. The Kier molecular flexibility index (Phi) is 5.20. The molecule has 0 N–H and O–H groups in total. The monoisotopic (exact) mass is 526 g/mol. The molecule has 0 spiro atoms. The summed E-state index contributed by atoms with van der Waals surface area (Å²) in [5.41, 5.74) is 12.5. The van der Waals surface area contributed by atoms with Gasteiger partial charge in [-0.25, -0.2) is 0 Å². The summed E-state index contributed by atoms with van der Waals surface area (Å²) in [5.74, 6) is 0. The Hall–Kier alpha value is -5.08. The molecule has 2 heteroatoms. The molecule has 1 aliphatic rings. The number of hydrogen-bond acceptors (Lipinski definition) is 1. The molecular weight excluding hydrogens is 496 g/mol. The van der Waals surface area contributed by atoms with E-state index in [0.29, 0.717) is 0 Å². The lowest BCUT2D eigenvalue weighted by Crippen LogP contribution is -2.15. The fraction of sp³-hybridized carbons (Fsp3) is 0.0769. The molecule has 2 nitrogen and oxygen atoms in total. The highest BCUT2D eigenvalue weighted by Gasteiger charge is 2.36. The normalized spacial score (nSPS) is 13.3. The number of anilines is 3. The fourth-order valence-electron chi connectivity index (χ4n) is 6.79. The Morgan fingerprint density at radius 2 is 1.05 bits per heavy atom. The molecule has 7 aromatic rings. The van der Waals surface area contributed by atoms with E-state index in [1.807, 2.05) is 0 Å². The minimum atomic E-state index is -0.0445. The highest BCUT2D eigenvalue weighted by atomic mass is 15.1. The maximum atomic E-state index is 2.44. The maximum Gasteiger partial charge on any atom is 0.0544 e. The third kappa shape index (κ3) is 3.57. The first-order valence-corrected chi connectivity index (χ1v) is 14.3. The van der Waals surface area contributed by atoms with Gasteiger partial charge in [-0.15, -0.1) is 0 Å². The van der Waals surface area contributed by atoms with Crippen molar-refractivity contribution in [3.63, 3.8) is 0 Å². The molecule has 0 saturated heterocycles. The number of aromatic nitrogens is 1. The van der Waals surface area contributed by atoms with Crippen LogP contribution in [0.4, 0.5) is 17.1 Å². The van der Waals surface area contributed by atoms with Crippen molar-refractivity contribution in [2.75, 3.05) is 4.90 Å². The zero-order chi connectivity index (χ0) is 27.6. The van der Waals surface area contributed by atoms with Crippen LogP contribution in [0.3, 0.4) is 0 Å². The standard InChI is InChI=1S/C39H30N2/c1-39(2)35-19-11-9-17-31(35)33-25-34-32-18-10-12-20-37(32)41(38(34)26-36(33)39)30-23-21-29(22-24-30)40(27-13-5-3-6-14-27)28-15-7-4-8-16-28/h3-26H,1-2H3. The number of nitrogens with zero attached hydrogens (tertiary/aromatic N) is 2. The first kappa shape index (κ1) is 23.8. The van der Waals surface area contributed by atoms with E-state index in [1.54, 1.807) is 0 Å².